The summed E-state index contributed by atoms with van der Waals surface area (Å²) in [6.45, 7) is 6.53. The minimum Gasteiger partial charge on any atom is -0.349 e. The van der Waals surface area contributed by atoms with E-state index < -0.39 is 0 Å². The van der Waals surface area contributed by atoms with Gasteiger partial charge in [0, 0.05) is 34.9 Å². The lowest BCUT2D eigenvalue weighted by atomic mass is 10.2. The standard InChI is InChI=1S/C19H22N4OS/c1-13(2)17-20-9-10-23(17)14(3)18(24)21-11-16-12-22-19(25-16)15-7-5-4-6-8-15/h4-10,12-14H,11H2,1-3H3,(H,21,24)/t14-/m1/s1. The molecule has 6 heteroatoms. The molecule has 1 amide bonds. The maximum atomic E-state index is 12.5. The van der Waals surface area contributed by atoms with Crippen LogP contribution in [0, 0.1) is 0 Å². The van der Waals surface area contributed by atoms with Gasteiger partial charge in [0.1, 0.15) is 16.9 Å². The van der Waals surface area contributed by atoms with Crippen molar-refractivity contribution in [3.05, 3.63) is 59.6 Å². The highest BCUT2D eigenvalue weighted by molar-refractivity contribution is 7.15. The fourth-order valence-corrected chi connectivity index (χ4v) is 3.51. The first kappa shape index (κ1) is 17.4. The highest BCUT2D eigenvalue weighted by Crippen LogP contribution is 2.25. The van der Waals surface area contributed by atoms with Crippen LogP contribution in [0.2, 0.25) is 0 Å². The molecule has 5 nitrogen and oxygen atoms in total. The third-order valence-corrected chi connectivity index (χ3v) is 5.07. The molecule has 0 aliphatic carbocycles. The predicted octanol–water partition coefficient (Wildman–Crippen LogP) is 4.01. The Kier molecular flexibility index (Phi) is 5.28. The highest BCUT2D eigenvalue weighted by Gasteiger charge is 2.19. The van der Waals surface area contributed by atoms with Crippen molar-refractivity contribution in [1.82, 2.24) is 19.9 Å². The van der Waals surface area contributed by atoms with Crippen LogP contribution in [0.5, 0.6) is 0 Å². The molecule has 3 aromatic rings. The Labute approximate surface area is 151 Å². The molecule has 0 radical (unpaired) electrons. The number of nitrogens with one attached hydrogen (secondary N) is 1. The van der Waals surface area contributed by atoms with Crippen molar-refractivity contribution in [3.8, 4) is 10.6 Å². The maximum Gasteiger partial charge on any atom is 0.243 e. The second kappa shape index (κ2) is 7.61. The van der Waals surface area contributed by atoms with Crippen LogP contribution >= 0.6 is 11.3 Å². The van der Waals surface area contributed by atoms with Crippen molar-refractivity contribution in [2.24, 2.45) is 0 Å². The number of hydrogen-bond donors (Lipinski definition) is 1. The molecule has 1 atom stereocenters. The molecular formula is C19H22N4OS. The summed E-state index contributed by atoms with van der Waals surface area (Å²) in [6.07, 6.45) is 5.43. The van der Waals surface area contributed by atoms with Gasteiger partial charge >= 0.3 is 0 Å². The highest BCUT2D eigenvalue weighted by atomic mass is 32.1. The molecule has 0 aliphatic rings. The average Bonchev–Trinajstić information content (AvgIpc) is 3.29. The molecule has 0 saturated heterocycles. The lowest BCUT2D eigenvalue weighted by Gasteiger charge is -2.17. The second-order valence-electron chi connectivity index (χ2n) is 6.24. The molecule has 0 spiro atoms. The Morgan fingerprint density at radius 3 is 2.68 bits per heavy atom. The summed E-state index contributed by atoms with van der Waals surface area (Å²) >= 11 is 1.60. The molecule has 0 fully saturated rings. The Morgan fingerprint density at radius 1 is 1.20 bits per heavy atom. The van der Waals surface area contributed by atoms with Gasteiger partial charge in [-0.3, -0.25) is 4.79 Å². The quantitative estimate of drug-likeness (QED) is 0.728. The molecule has 0 aliphatic heterocycles. The first-order valence-electron chi connectivity index (χ1n) is 8.37. The smallest absolute Gasteiger partial charge is 0.243 e. The molecule has 1 aromatic carbocycles. The fourth-order valence-electron chi connectivity index (χ4n) is 2.65. The van der Waals surface area contributed by atoms with Crippen molar-refractivity contribution >= 4 is 17.2 Å². The Bertz CT molecular complexity index is 838. The third kappa shape index (κ3) is 3.96. The van der Waals surface area contributed by atoms with Crippen molar-refractivity contribution < 1.29 is 4.79 Å². The number of nitrogens with zero attached hydrogens (tertiary/aromatic N) is 3. The van der Waals surface area contributed by atoms with E-state index in [9.17, 15) is 4.79 Å². The van der Waals surface area contributed by atoms with Crippen molar-refractivity contribution in [2.75, 3.05) is 0 Å². The van der Waals surface area contributed by atoms with Crippen molar-refractivity contribution in [3.63, 3.8) is 0 Å². The molecule has 130 valence electrons. The molecule has 0 bridgehead atoms. The SMILES string of the molecule is CC(C)c1nccn1[C@H](C)C(=O)NCc1cnc(-c2ccccc2)s1. The summed E-state index contributed by atoms with van der Waals surface area (Å²) in [5.74, 6) is 1.18. The molecule has 25 heavy (non-hydrogen) atoms. The number of carbonyl (C=O) groups is 1. The van der Waals surface area contributed by atoms with Gasteiger partial charge in [-0.15, -0.1) is 11.3 Å². The van der Waals surface area contributed by atoms with Gasteiger partial charge in [-0.25, -0.2) is 9.97 Å². The number of hydrogen-bond acceptors (Lipinski definition) is 4. The molecule has 1 N–H and O–H groups in total. The Balaban J connectivity index is 1.63. The summed E-state index contributed by atoms with van der Waals surface area (Å²) in [6, 6.07) is 9.77. The topological polar surface area (TPSA) is 59.8 Å². The first-order chi connectivity index (χ1) is 12.1. The zero-order chi connectivity index (χ0) is 17.8. The number of thiazole rings is 1. The van der Waals surface area contributed by atoms with Crippen molar-refractivity contribution in [2.45, 2.75) is 39.3 Å². The number of amides is 1. The van der Waals surface area contributed by atoms with Crippen LogP contribution in [-0.4, -0.2) is 20.4 Å². The minimum atomic E-state index is -0.290. The molecule has 2 heterocycles. The Hall–Kier alpha value is -2.47. The van der Waals surface area contributed by atoms with Gasteiger partial charge < -0.3 is 9.88 Å². The second-order valence-corrected chi connectivity index (χ2v) is 7.35. The van der Waals surface area contributed by atoms with E-state index >= 15 is 0 Å². The van der Waals surface area contributed by atoms with Crippen LogP contribution in [0.15, 0.2) is 48.9 Å². The van der Waals surface area contributed by atoms with Gasteiger partial charge in [-0.1, -0.05) is 44.2 Å². The fraction of sp³-hybridized carbons (Fsp3) is 0.316. The summed E-state index contributed by atoms with van der Waals surface area (Å²) in [4.78, 5) is 22.3. The van der Waals surface area contributed by atoms with E-state index in [1.165, 1.54) is 0 Å². The molecule has 0 unspecified atom stereocenters. The van der Waals surface area contributed by atoms with Crippen LogP contribution in [0.1, 0.15) is 43.4 Å². The van der Waals surface area contributed by atoms with Crippen LogP contribution < -0.4 is 5.32 Å². The summed E-state index contributed by atoms with van der Waals surface area (Å²) < 4.78 is 1.93. The van der Waals surface area contributed by atoms with Crippen LogP contribution in [0.3, 0.4) is 0 Å². The van der Waals surface area contributed by atoms with Gasteiger partial charge in [-0.05, 0) is 6.92 Å². The van der Waals surface area contributed by atoms with Gasteiger partial charge in [-0.2, -0.15) is 0 Å². The van der Waals surface area contributed by atoms with E-state index in [1.807, 2.05) is 54.2 Å². The maximum absolute atomic E-state index is 12.5. The molecule has 0 saturated carbocycles. The zero-order valence-corrected chi connectivity index (χ0v) is 15.5. The zero-order valence-electron chi connectivity index (χ0n) is 14.6. The van der Waals surface area contributed by atoms with Gasteiger partial charge in [0.15, 0.2) is 0 Å². The van der Waals surface area contributed by atoms with Crippen LogP contribution in [0.4, 0.5) is 0 Å². The average molecular weight is 354 g/mol. The number of rotatable bonds is 6. The lowest BCUT2D eigenvalue weighted by molar-refractivity contribution is -0.124. The van der Waals surface area contributed by atoms with E-state index in [0.717, 1.165) is 21.3 Å². The predicted molar refractivity (Wildman–Crippen MR) is 100 cm³/mol. The first-order valence-corrected chi connectivity index (χ1v) is 9.18. The summed E-state index contributed by atoms with van der Waals surface area (Å²) in [5.41, 5.74) is 1.10. The van der Waals surface area contributed by atoms with Gasteiger partial charge in [0.25, 0.3) is 0 Å². The van der Waals surface area contributed by atoms with Crippen LogP contribution in [-0.2, 0) is 11.3 Å². The Morgan fingerprint density at radius 2 is 1.96 bits per heavy atom. The van der Waals surface area contributed by atoms with E-state index in [-0.39, 0.29) is 17.9 Å². The normalized spacial score (nSPS) is 12.3. The largest absolute Gasteiger partial charge is 0.349 e. The summed E-state index contributed by atoms with van der Waals surface area (Å²) in [7, 11) is 0. The molecule has 2 aromatic heterocycles. The van der Waals surface area contributed by atoms with E-state index in [1.54, 1.807) is 17.5 Å². The lowest BCUT2D eigenvalue weighted by Crippen LogP contribution is -2.31. The summed E-state index contributed by atoms with van der Waals surface area (Å²) in [5, 5.41) is 3.97. The monoisotopic (exact) mass is 354 g/mol. The van der Waals surface area contributed by atoms with Gasteiger partial charge in [0.05, 0.1) is 6.54 Å². The minimum absolute atomic E-state index is 0.0189. The van der Waals surface area contributed by atoms with Crippen LogP contribution in [0.25, 0.3) is 10.6 Å². The van der Waals surface area contributed by atoms with Crippen molar-refractivity contribution in [1.29, 1.82) is 0 Å². The number of imidazole rings is 1. The number of benzene rings is 1. The number of aromatic nitrogens is 3. The molecular weight excluding hydrogens is 332 g/mol. The van der Waals surface area contributed by atoms with E-state index in [0.29, 0.717) is 6.54 Å². The van der Waals surface area contributed by atoms with E-state index in [4.69, 9.17) is 0 Å². The van der Waals surface area contributed by atoms with E-state index in [2.05, 4.69) is 29.1 Å². The third-order valence-electron chi connectivity index (χ3n) is 4.02. The number of carbonyl (C=O) groups excluding carboxylic acids is 1. The molecule has 3 rings (SSSR count). The van der Waals surface area contributed by atoms with Gasteiger partial charge in [0.2, 0.25) is 5.91 Å².